The molecule has 0 aromatic carbocycles. The zero-order valence-corrected chi connectivity index (χ0v) is 15.1. The minimum Gasteiger partial charge on any atom is -0.0654 e. The van der Waals surface area contributed by atoms with Crippen LogP contribution in [0.15, 0.2) is 0 Å². The first-order chi connectivity index (χ1) is 9.66. The Hall–Kier alpha value is 0. The van der Waals surface area contributed by atoms with Crippen molar-refractivity contribution in [1.82, 2.24) is 0 Å². The van der Waals surface area contributed by atoms with E-state index in [1.807, 2.05) is 0 Å². The molecule has 1 unspecified atom stereocenters. The third-order valence-electron chi connectivity index (χ3n) is 4.53. The number of hydrogen-bond donors (Lipinski definition) is 0. The molecule has 0 heterocycles. The molecule has 0 aromatic rings. The van der Waals surface area contributed by atoms with Gasteiger partial charge < -0.3 is 0 Å². The summed E-state index contributed by atoms with van der Waals surface area (Å²) in [5, 5.41) is 0. The van der Waals surface area contributed by atoms with Crippen LogP contribution in [0, 0.1) is 11.8 Å². The molecular weight excluding hydrogens is 240 g/mol. The van der Waals surface area contributed by atoms with Crippen LogP contribution in [0.4, 0.5) is 0 Å². The standard InChI is InChI=1S/C20H42/c1-5-6-7-8-11-14-17-20(4)18-15-12-9-10-13-16-19(2)3/h19-20H,5-18H2,1-4H3. The molecule has 0 fully saturated rings. The van der Waals surface area contributed by atoms with Crippen LogP contribution in [-0.4, -0.2) is 0 Å². The third-order valence-corrected chi connectivity index (χ3v) is 4.53. The van der Waals surface area contributed by atoms with Crippen molar-refractivity contribution in [3.63, 3.8) is 0 Å². The Morgan fingerprint density at radius 3 is 1.35 bits per heavy atom. The van der Waals surface area contributed by atoms with E-state index in [0.717, 1.165) is 11.8 Å². The van der Waals surface area contributed by atoms with Gasteiger partial charge in [0.1, 0.15) is 0 Å². The van der Waals surface area contributed by atoms with E-state index in [2.05, 4.69) is 27.7 Å². The summed E-state index contributed by atoms with van der Waals surface area (Å²) in [6, 6.07) is 0. The summed E-state index contributed by atoms with van der Waals surface area (Å²) in [4.78, 5) is 0. The molecule has 0 aromatic heterocycles. The summed E-state index contributed by atoms with van der Waals surface area (Å²) in [5.41, 5.74) is 0. The molecule has 0 rings (SSSR count). The monoisotopic (exact) mass is 282 g/mol. The number of hydrogen-bond acceptors (Lipinski definition) is 0. The van der Waals surface area contributed by atoms with Crippen molar-refractivity contribution in [2.75, 3.05) is 0 Å². The highest BCUT2D eigenvalue weighted by atomic mass is 14.1. The van der Waals surface area contributed by atoms with Gasteiger partial charge in [-0.25, -0.2) is 0 Å². The maximum absolute atomic E-state index is 2.46. The van der Waals surface area contributed by atoms with Gasteiger partial charge in [-0.15, -0.1) is 0 Å². The molecular formula is C20H42. The lowest BCUT2D eigenvalue weighted by molar-refractivity contribution is 0.429. The highest BCUT2D eigenvalue weighted by Gasteiger charge is 2.02. The van der Waals surface area contributed by atoms with E-state index in [0.29, 0.717) is 0 Å². The van der Waals surface area contributed by atoms with E-state index in [1.165, 1.54) is 89.9 Å². The van der Waals surface area contributed by atoms with E-state index < -0.39 is 0 Å². The van der Waals surface area contributed by atoms with E-state index in [9.17, 15) is 0 Å². The van der Waals surface area contributed by atoms with Crippen LogP contribution in [-0.2, 0) is 0 Å². The van der Waals surface area contributed by atoms with Crippen LogP contribution in [0.1, 0.15) is 118 Å². The topological polar surface area (TPSA) is 0 Å². The summed E-state index contributed by atoms with van der Waals surface area (Å²) in [6.07, 6.45) is 20.4. The van der Waals surface area contributed by atoms with Gasteiger partial charge in [0.2, 0.25) is 0 Å². The maximum atomic E-state index is 2.46. The van der Waals surface area contributed by atoms with Gasteiger partial charge in [-0.1, -0.05) is 118 Å². The van der Waals surface area contributed by atoms with Crippen molar-refractivity contribution >= 4 is 0 Å². The van der Waals surface area contributed by atoms with Crippen LogP contribution in [0.3, 0.4) is 0 Å². The highest BCUT2D eigenvalue weighted by Crippen LogP contribution is 2.18. The second kappa shape index (κ2) is 15.4. The van der Waals surface area contributed by atoms with Crippen molar-refractivity contribution in [1.29, 1.82) is 0 Å². The number of unbranched alkanes of at least 4 members (excludes halogenated alkanes) is 9. The third kappa shape index (κ3) is 16.1. The lowest BCUT2D eigenvalue weighted by atomic mass is 9.95. The molecule has 0 amide bonds. The minimum atomic E-state index is 0.896. The second-order valence-corrected chi connectivity index (χ2v) is 7.40. The summed E-state index contributed by atoms with van der Waals surface area (Å²) in [6.45, 7) is 9.43. The molecule has 20 heavy (non-hydrogen) atoms. The predicted octanol–water partition coefficient (Wildman–Crippen LogP) is 7.76. The van der Waals surface area contributed by atoms with Gasteiger partial charge in [0.15, 0.2) is 0 Å². The fraction of sp³-hybridized carbons (Fsp3) is 1.00. The molecule has 0 saturated heterocycles. The molecule has 0 heteroatoms. The lowest BCUT2D eigenvalue weighted by Gasteiger charge is -2.11. The Kier molecular flexibility index (Phi) is 15.4. The number of rotatable bonds is 15. The lowest BCUT2D eigenvalue weighted by Crippen LogP contribution is -1.95. The fourth-order valence-corrected chi connectivity index (χ4v) is 2.99. The Balaban J connectivity index is 3.14. The second-order valence-electron chi connectivity index (χ2n) is 7.40. The zero-order valence-electron chi connectivity index (χ0n) is 15.1. The molecule has 0 radical (unpaired) electrons. The van der Waals surface area contributed by atoms with Crippen molar-refractivity contribution < 1.29 is 0 Å². The molecule has 0 N–H and O–H groups in total. The van der Waals surface area contributed by atoms with Crippen LogP contribution >= 0.6 is 0 Å². The fourth-order valence-electron chi connectivity index (χ4n) is 2.99. The van der Waals surface area contributed by atoms with Gasteiger partial charge in [-0.3, -0.25) is 0 Å². The predicted molar refractivity (Wildman–Crippen MR) is 94.3 cm³/mol. The van der Waals surface area contributed by atoms with Gasteiger partial charge in [0, 0.05) is 0 Å². The molecule has 122 valence electrons. The van der Waals surface area contributed by atoms with Crippen LogP contribution in [0.25, 0.3) is 0 Å². The summed E-state index contributed by atoms with van der Waals surface area (Å²) in [7, 11) is 0. The van der Waals surface area contributed by atoms with Crippen LogP contribution in [0.5, 0.6) is 0 Å². The average Bonchev–Trinajstić information content (AvgIpc) is 2.41. The molecule has 0 bridgehead atoms. The average molecular weight is 283 g/mol. The van der Waals surface area contributed by atoms with E-state index >= 15 is 0 Å². The SMILES string of the molecule is CCCCCCCCC(C)CCCCCCCC(C)C. The molecule has 0 aliphatic carbocycles. The Bertz CT molecular complexity index is 171. The first-order valence-electron chi connectivity index (χ1n) is 9.66. The summed E-state index contributed by atoms with van der Waals surface area (Å²) < 4.78 is 0. The molecule has 0 saturated carbocycles. The Morgan fingerprint density at radius 2 is 0.900 bits per heavy atom. The first-order valence-corrected chi connectivity index (χ1v) is 9.66. The van der Waals surface area contributed by atoms with Gasteiger partial charge in [0.05, 0.1) is 0 Å². The van der Waals surface area contributed by atoms with Crippen molar-refractivity contribution in [2.24, 2.45) is 11.8 Å². The van der Waals surface area contributed by atoms with Gasteiger partial charge in [-0.2, -0.15) is 0 Å². The molecule has 0 nitrogen and oxygen atoms in total. The van der Waals surface area contributed by atoms with Gasteiger partial charge >= 0.3 is 0 Å². The molecule has 0 spiro atoms. The van der Waals surface area contributed by atoms with Crippen molar-refractivity contribution in [3.05, 3.63) is 0 Å². The van der Waals surface area contributed by atoms with Gasteiger partial charge in [-0.05, 0) is 11.8 Å². The zero-order chi connectivity index (χ0) is 15.1. The highest BCUT2D eigenvalue weighted by molar-refractivity contribution is 4.56. The molecule has 0 aliphatic rings. The van der Waals surface area contributed by atoms with Crippen LogP contribution < -0.4 is 0 Å². The normalized spacial score (nSPS) is 13.1. The Labute approximate surface area is 130 Å². The first kappa shape index (κ1) is 20.0. The smallest absolute Gasteiger partial charge is 0.0443 e. The van der Waals surface area contributed by atoms with E-state index in [1.54, 1.807) is 0 Å². The summed E-state index contributed by atoms with van der Waals surface area (Å²) in [5.74, 6) is 1.86. The largest absolute Gasteiger partial charge is 0.0654 e. The van der Waals surface area contributed by atoms with Crippen LogP contribution in [0.2, 0.25) is 0 Å². The van der Waals surface area contributed by atoms with Crippen molar-refractivity contribution in [3.8, 4) is 0 Å². The van der Waals surface area contributed by atoms with E-state index in [4.69, 9.17) is 0 Å². The van der Waals surface area contributed by atoms with Gasteiger partial charge in [0.25, 0.3) is 0 Å². The molecule has 1 atom stereocenters. The van der Waals surface area contributed by atoms with E-state index in [-0.39, 0.29) is 0 Å². The minimum absolute atomic E-state index is 0.896. The Morgan fingerprint density at radius 1 is 0.500 bits per heavy atom. The maximum Gasteiger partial charge on any atom is -0.0443 e. The molecule has 0 aliphatic heterocycles. The van der Waals surface area contributed by atoms with Crippen molar-refractivity contribution in [2.45, 2.75) is 118 Å². The summed E-state index contributed by atoms with van der Waals surface area (Å²) >= 11 is 0. The quantitative estimate of drug-likeness (QED) is 0.269.